The van der Waals surface area contributed by atoms with Gasteiger partial charge >= 0.3 is 0 Å². The molecule has 1 saturated heterocycles. The maximum Gasteiger partial charge on any atom is 0.239 e. The molecule has 1 unspecified atom stereocenters. The Kier molecular flexibility index (Phi) is 4.27. The van der Waals surface area contributed by atoms with Crippen molar-refractivity contribution in [2.24, 2.45) is 7.05 Å². The van der Waals surface area contributed by atoms with E-state index in [9.17, 15) is 4.79 Å². The maximum absolute atomic E-state index is 12.3. The third kappa shape index (κ3) is 2.91. The Hall–Kier alpha value is -2.10. The van der Waals surface area contributed by atoms with Crippen molar-refractivity contribution in [2.45, 2.75) is 18.9 Å². The first-order valence-electron chi connectivity index (χ1n) is 7.32. The quantitative estimate of drug-likeness (QED) is 0.944. The van der Waals surface area contributed by atoms with Crippen molar-refractivity contribution in [3.63, 3.8) is 0 Å². The van der Waals surface area contributed by atoms with Crippen LogP contribution in [0.3, 0.4) is 0 Å². The van der Waals surface area contributed by atoms with Gasteiger partial charge in [-0.2, -0.15) is 5.26 Å². The zero-order chi connectivity index (χ0) is 15.5. The van der Waals surface area contributed by atoms with Gasteiger partial charge in [0.15, 0.2) is 0 Å². The van der Waals surface area contributed by atoms with E-state index < -0.39 is 0 Å². The average Bonchev–Trinajstić information content (AvgIpc) is 3.20. The van der Waals surface area contributed by atoms with E-state index >= 15 is 0 Å². The molecule has 2 aromatic heterocycles. The molecule has 0 radical (unpaired) electrons. The van der Waals surface area contributed by atoms with E-state index in [0.717, 1.165) is 19.4 Å². The Labute approximate surface area is 133 Å². The van der Waals surface area contributed by atoms with Gasteiger partial charge in [-0.1, -0.05) is 0 Å². The first-order valence-corrected chi connectivity index (χ1v) is 8.19. The van der Waals surface area contributed by atoms with E-state index in [2.05, 4.69) is 26.9 Å². The molecule has 0 aliphatic carbocycles. The predicted molar refractivity (Wildman–Crippen MR) is 86.6 cm³/mol. The van der Waals surface area contributed by atoms with E-state index in [1.54, 1.807) is 6.07 Å². The van der Waals surface area contributed by atoms with Gasteiger partial charge in [-0.25, -0.2) is 0 Å². The van der Waals surface area contributed by atoms with Gasteiger partial charge in [0.2, 0.25) is 5.91 Å². The van der Waals surface area contributed by atoms with E-state index in [0.29, 0.717) is 23.2 Å². The van der Waals surface area contributed by atoms with Crippen molar-refractivity contribution in [1.82, 2.24) is 9.47 Å². The fraction of sp³-hybridized carbons (Fsp3) is 0.375. The normalized spacial score (nSPS) is 18.3. The van der Waals surface area contributed by atoms with Crippen molar-refractivity contribution in [1.29, 1.82) is 5.26 Å². The molecule has 0 aromatic carbocycles. The average molecular weight is 314 g/mol. The minimum Gasteiger partial charge on any atom is -0.353 e. The highest BCUT2D eigenvalue weighted by molar-refractivity contribution is 7.14. The van der Waals surface area contributed by atoms with Crippen LogP contribution in [0.15, 0.2) is 29.8 Å². The summed E-state index contributed by atoms with van der Waals surface area (Å²) in [5.41, 5.74) is 1.78. The third-order valence-electron chi connectivity index (χ3n) is 4.07. The predicted octanol–water partition coefficient (Wildman–Crippen LogP) is 2.73. The number of carbonyl (C=O) groups is 1. The molecule has 22 heavy (non-hydrogen) atoms. The van der Waals surface area contributed by atoms with Crippen molar-refractivity contribution in [3.8, 4) is 6.07 Å². The lowest BCUT2D eigenvalue weighted by Crippen LogP contribution is -2.33. The Bertz CT molecular complexity index is 712. The summed E-state index contributed by atoms with van der Waals surface area (Å²) in [5, 5.41) is 14.3. The lowest BCUT2D eigenvalue weighted by Gasteiger charge is -2.24. The second-order valence-corrected chi connectivity index (χ2v) is 6.41. The summed E-state index contributed by atoms with van der Waals surface area (Å²) in [6, 6.07) is 8.27. The number of hydrogen-bond donors (Lipinski definition) is 1. The van der Waals surface area contributed by atoms with E-state index in [4.69, 9.17) is 5.26 Å². The summed E-state index contributed by atoms with van der Waals surface area (Å²) in [6.45, 7) is 1.29. The lowest BCUT2D eigenvalue weighted by atomic mass is 10.1. The number of thiophene rings is 1. The number of amides is 1. The number of rotatable bonds is 4. The van der Waals surface area contributed by atoms with Crippen molar-refractivity contribution in [3.05, 3.63) is 41.0 Å². The Balaban J connectivity index is 1.66. The van der Waals surface area contributed by atoms with E-state index in [1.165, 1.54) is 17.0 Å². The molecule has 3 rings (SSSR count). The van der Waals surface area contributed by atoms with Crippen LogP contribution in [0.5, 0.6) is 0 Å². The summed E-state index contributed by atoms with van der Waals surface area (Å²) in [4.78, 5) is 14.5. The van der Waals surface area contributed by atoms with Crippen LogP contribution in [0.1, 0.15) is 30.1 Å². The highest BCUT2D eigenvalue weighted by atomic mass is 32.1. The summed E-state index contributed by atoms with van der Waals surface area (Å²) in [6.07, 6.45) is 4.22. The number of aromatic nitrogens is 1. The summed E-state index contributed by atoms with van der Waals surface area (Å²) in [5.74, 6) is -0.0555. The zero-order valence-electron chi connectivity index (χ0n) is 12.5. The number of anilines is 1. The van der Waals surface area contributed by atoms with Gasteiger partial charge in [0.05, 0.1) is 18.2 Å². The Morgan fingerprint density at radius 1 is 1.55 bits per heavy atom. The van der Waals surface area contributed by atoms with Crippen molar-refractivity contribution >= 4 is 22.2 Å². The van der Waals surface area contributed by atoms with Crippen molar-refractivity contribution < 1.29 is 4.79 Å². The summed E-state index contributed by atoms with van der Waals surface area (Å²) < 4.78 is 2.12. The molecule has 1 atom stereocenters. The number of carbonyl (C=O) groups excluding carboxylic acids is 1. The molecule has 114 valence electrons. The van der Waals surface area contributed by atoms with Crippen LogP contribution in [-0.2, 0) is 11.8 Å². The zero-order valence-corrected chi connectivity index (χ0v) is 13.3. The number of nitriles is 1. The molecule has 1 amide bonds. The molecular formula is C16H18N4OS. The first-order chi connectivity index (χ1) is 10.7. The molecule has 2 aromatic rings. The molecule has 1 aliphatic heterocycles. The van der Waals surface area contributed by atoms with Gasteiger partial charge in [0, 0.05) is 18.9 Å². The SMILES string of the molecule is Cn1cccc1C1CCCN1CC(=O)Nc1sccc1C#N. The Morgan fingerprint density at radius 3 is 3.14 bits per heavy atom. The van der Waals surface area contributed by atoms with E-state index in [-0.39, 0.29) is 5.91 Å². The molecule has 0 spiro atoms. The number of nitrogens with zero attached hydrogens (tertiary/aromatic N) is 3. The van der Waals surface area contributed by atoms with Gasteiger partial charge in [-0.05, 0) is 43.0 Å². The van der Waals surface area contributed by atoms with Gasteiger partial charge in [-0.3, -0.25) is 9.69 Å². The van der Waals surface area contributed by atoms with Crippen LogP contribution in [-0.4, -0.2) is 28.5 Å². The highest BCUT2D eigenvalue weighted by Gasteiger charge is 2.29. The molecule has 1 N–H and O–H groups in total. The van der Waals surface area contributed by atoms with Gasteiger partial charge < -0.3 is 9.88 Å². The molecule has 1 fully saturated rings. The lowest BCUT2D eigenvalue weighted by molar-refractivity contribution is -0.117. The maximum atomic E-state index is 12.3. The Morgan fingerprint density at radius 2 is 2.41 bits per heavy atom. The van der Waals surface area contributed by atoms with Crippen LogP contribution in [0.2, 0.25) is 0 Å². The largest absolute Gasteiger partial charge is 0.353 e. The second kappa shape index (κ2) is 6.34. The van der Waals surface area contributed by atoms with Crippen LogP contribution in [0.4, 0.5) is 5.00 Å². The van der Waals surface area contributed by atoms with Gasteiger partial charge in [0.1, 0.15) is 11.1 Å². The molecule has 0 saturated carbocycles. The first kappa shape index (κ1) is 14.8. The number of nitrogens with one attached hydrogen (secondary N) is 1. The monoisotopic (exact) mass is 314 g/mol. The molecule has 6 heteroatoms. The van der Waals surface area contributed by atoms with Crippen LogP contribution in [0.25, 0.3) is 0 Å². The molecular weight excluding hydrogens is 296 g/mol. The van der Waals surface area contributed by atoms with E-state index in [1.807, 2.05) is 24.7 Å². The third-order valence-corrected chi connectivity index (χ3v) is 4.90. The smallest absolute Gasteiger partial charge is 0.239 e. The van der Waals surface area contributed by atoms with Gasteiger partial charge in [0.25, 0.3) is 0 Å². The molecule has 1 aliphatic rings. The fourth-order valence-electron chi connectivity index (χ4n) is 3.02. The summed E-state index contributed by atoms with van der Waals surface area (Å²) >= 11 is 1.38. The topological polar surface area (TPSA) is 61.1 Å². The molecule has 3 heterocycles. The molecule has 0 bridgehead atoms. The minimum atomic E-state index is -0.0555. The molecule has 5 nitrogen and oxygen atoms in total. The number of aryl methyl sites for hydroxylation is 1. The van der Waals surface area contributed by atoms with Crippen LogP contribution < -0.4 is 5.32 Å². The highest BCUT2D eigenvalue weighted by Crippen LogP contribution is 2.31. The van der Waals surface area contributed by atoms with Crippen LogP contribution in [0, 0.1) is 11.3 Å². The number of hydrogen-bond acceptors (Lipinski definition) is 4. The fourth-order valence-corrected chi connectivity index (χ4v) is 3.77. The van der Waals surface area contributed by atoms with Gasteiger partial charge in [-0.15, -0.1) is 11.3 Å². The summed E-state index contributed by atoms with van der Waals surface area (Å²) in [7, 11) is 2.04. The van der Waals surface area contributed by atoms with Crippen LogP contribution >= 0.6 is 11.3 Å². The number of likely N-dealkylation sites (tertiary alicyclic amines) is 1. The van der Waals surface area contributed by atoms with Crippen molar-refractivity contribution in [2.75, 3.05) is 18.4 Å². The second-order valence-electron chi connectivity index (χ2n) is 5.50. The standard InChI is InChI=1S/C16H18N4OS/c1-19-7-2-4-13(19)14-5-3-8-20(14)11-15(21)18-16-12(10-17)6-9-22-16/h2,4,6-7,9,14H,3,5,8,11H2,1H3,(H,18,21). The minimum absolute atomic E-state index is 0.0555.